The van der Waals surface area contributed by atoms with Crippen molar-refractivity contribution in [1.29, 1.82) is 0 Å². The van der Waals surface area contributed by atoms with Gasteiger partial charge in [0.05, 0.1) is 9.52 Å². The van der Waals surface area contributed by atoms with E-state index in [9.17, 15) is 0 Å². The first kappa shape index (κ1) is 37.6. The average molecular weight is 701 g/mol. The van der Waals surface area contributed by atoms with Gasteiger partial charge in [0.1, 0.15) is 0 Å². The molecule has 0 aromatic heterocycles. The van der Waals surface area contributed by atoms with E-state index in [0.717, 1.165) is 19.3 Å². The second-order valence-electron chi connectivity index (χ2n) is 17.5. The van der Waals surface area contributed by atoms with E-state index in [1.165, 1.54) is 72.0 Å². The first-order valence-corrected chi connectivity index (χ1v) is 21.0. The summed E-state index contributed by atoms with van der Waals surface area (Å²) in [7, 11) is -0.986. The van der Waals surface area contributed by atoms with E-state index in [-0.39, 0.29) is 15.9 Å². The van der Waals surface area contributed by atoms with Gasteiger partial charge in [0.2, 0.25) is 0 Å². The van der Waals surface area contributed by atoms with Crippen LogP contribution in [0.25, 0.3) is 27.8 Å². The molecule has 0 bridgehead atoms. The monoisotopic (exact) mass is 700 g/mol. The zero-order chi connectivity index (χ0) is 37.4. The molecule has 0 radical (unpaired) electrons. The Hall–Kier alpha value is -4.20. The van der Waals surface area contributed by atoms with Crippen molar-refractivity contribution >= 4 is 20.3 Å². The van der Waals surface area contributed by atoms with Crippen LogP contribution < -0.4 is 5.19 Å². The van der Waals surface area contributed by atoms with Crippen LogP contribution in [-0.4, -0.2) is 9.52 Å². The molecule has 0 nitrogen and oxygen atoms in total. The van der Waals surface area contributed by atoms with Crippen LogP contribution in [-0.2, 0) is 30.1 Å². The van der Waals surface area contributed by atoms with Crippen molar-refractivity contribution in [3.05, 3.63) is 165 Å². The quantitative estimate of drug-likeness (QED) is 0.134. The largest absolute Gasteiger partial charge is 0.0718 e. The van der Waals surface area contributed by atoms with Crippen LogP contribution in [0.15, 0.2) is 132 Å². The lowest BCUT2D eigenvalue weighted by atomic mass is 9.76. The molecule has 1 aliphatic rings. The van der Waals surface area contributed by atoms with Crippen molar-refractivity contribution in [2.45, 2.75) is 111 Å². The lowest BCUT2D eigenvalue weighted by Gasteiger charge is -2.37. The van der Waals surface area contributed by atoms with Gasteiger partial charge in [-0.15, -0.1) is 0 Å². The molecule has 0 heterocycles. The van der Waals surface area contributed by atoms with Crippen LogP contribution in [0.2, 0.25) is 5.04 Å². The standard InChI is InChI=1S/C51H60Si/c1-12-37-24-38(13-2)26-39(25-37)33-51(52-47-30-42(40-20-16-14-17-21-40)27-43(31-47)41-22-18-15-19-23-41)36(5)34(3)35(4)48(51)44-28-45(49(6,7)8)32-46(29-44)50(9,10)11/h14-32H,12-13,33,52H2,1-11H3. The number of hydrogen-bond acceptors (Lipinski definition) is 0. The Kier molecular flexibility index (Phi) is 10.6. The molecule has 52 heavy (non-hydrogen) atoms. The van der Waals surface area contributed by atoms with Crippen molar-refractivity contribution in [2.75, 3.05) is 0 Å². The maximum absolute atomic E-state index is 2.55. The topological polar surface area (TPSA) is 0 Å². The van der Waals surface area contributed by atoms with Crippen molar-refractivity contribution in [3.8, 4) is 22.3 Å². The zero-order valence-electron chi connectivity index (χ0n) is 33.8. The van der Waals surface area contributed by atoms with Crippen molar-refractivity contribution < 1.29 is 0 Å². The first-order chi connectivity index (χ1) is 24.6. The molecule has 6 rings (SSSR count). The van der Waals surface area contributed by atoms with E-state index < -0.39 is 9.52 Å². The summed E-state index contributed by atoms with van der Waals surface area (Å²) in [6.45, 7) is 26.1. The van der Waals surface area contributed by atoms with Crippen LogP contribution in [0, 0.1) is 0 Å². The van der Waals surface area contributed by atoms with Gasteiger partial charge in [-0.3, -0.25) is 0 Å². The first-order valence-electron chi connectivity index (χ1n) is 19.6. The van der Waals surface area contributed by atoms with Crippen LogP contribution in [0.4, 0.5) is 0 Å². The fourth-order valence-electron chi connectivity index (χ4n) is 8.44. The Morgan fingerprint density at radius 1 is 0.481 bits per heavy atom. The molecule has 0 amide bonds. The lowest BCUT2D eigenvalue weighted by molar-refractivity contribution is 0.568. The van der Waals surface area contributed by atoms with Gasteiger partial charge < -0.3 is 0 Å². The second-order valence-corrected chi connectivity index (χ2v) is 19.9. The van der Waals surface area contributed by atoms with E-state index >= 15 is 0 Å². The van der Waals surface area contributed by atoms with Gasteiger partial charge in [0.15, 0.2) is 0 Å². The van der Waals surface area contributed by atoms with Gasteiger partial charge in [-0.05, 0) is 129 Å². The summed E-state index contributed by atoms with van der Waals surface area (Å²) in [6.07, 6.45) is 3.14. The summed E-state index contributed by atoms with van der Waals surface area (Å²) in [5.41, 5.74) is 20.0. The molecule has 5 aromatic carbocycles. The molecular weight excluding hydrogens is 641 g/mol. The predicted octanol–water partition coefficient (Wildman–Crippen LogP) is 12.8. The molecular formula is C51H60Si. The van der Waals surface area contributed by atoms with E-state index in [0.29, 0.717) is 0 Å². The van der Waals surface area contributed by atoms with Gasteiger partial charge in [-0.1, -0.05) is 175 Å². The number of rotatable bonds is 9. The van der Waals surface area contributed by atoms with E-state index in [2.05, 4.69) is 191 Å². The zero-order valence-corrected chi connectivity index (χ0v) is 35.2. The third-order valence-electron chi connectivity index (χ3n) is 11.8. The summed E-state index contributed by atoms with van der Waals surface area (Å²) >= 11 is 0. The molecule has 1 unspecified atom stereocenters. The summed E-state index contributed by atoms with van der Waals surface area (Å²) in [4.78, 5) is 0. The molecule has 1 atom stereocenters. The van der Waals surface area contributed by atoms with E-state index in [1.807, 2.05) is 0 Å². The summed E-state index contributed by atoms with van der Waals surface area (Å²) < 4.78 is 0. The van der Waals surface area contributed by atoms with Crippen LogP contribution in [0.3, 0.4) is 0 Å². The molecule has 0 fully saturated rings. The Bertz CT molecular complexity index is 2020. The Labute approximate surface area is 318 Å². The molecule has 1 aliphatic carbocycles. The number of aryl methyl sites for hydroxylation is 2. The Morgan fingerprint density at radius 3 is 1.38 bits per heavy atom. The average Bonchev–Trinajstić information content (AvgIpc) is 3.30. The minimum Gasteiger partial charge on any atom is -0.0643 e. The highest BCUT2D eigenvalue weighted by Crippen LogP contribution is 2.59. The van der Waals surface area contributed by atoms with Crippen LogP contribution in [0.5, 0.6) is 0 Å². The number of allylic oxidation sites excluding steroid dienone is 4. The highest BCUT2D eigenvalue weighted by atomic mass is 28.2. The molecule has 268 valence electrons. The molecule has 0 N–H and O–H groups in total. The SMILES string of the molecule is CCc1cc(CC)cc(CC2([SiH2]c3cc(-c4ccccc4)cc(-c4ccccc4)c3)C(C)=C(C)C(C)=C2c2cc(C(C)(C)C)cc(C(C)(C)C)c2)c1. The molecule has 5 aromatic rings. The smallest absolute Gasteiger partial charge is 0.0643 e. The minimum atomic E-state index is -0.986. The van der Waals surface area contributed by atoms with Gasteiger partial charge in [-0.2, -0.15) is 0 Å². The van der Waals surface area contributed by atoms with E-state index in [4.69, 9.17) is 0 Å². The molecule has 0 aliphatic heterocycles. The predicted molar refractivity (Wildman–Crippen MR) is 232 cm³/mol. The van der Waals surface area contributed by atoms with Crippen molar-refractivity contribution in [3.63, 3.8) is 0 Å². The normalized spacial score (nSPS) is 16.8. The van der Waals surface area contributed by atoms with Gasteiger partial charge in [0.25, 0.3) is 0 Å². The Morgan fingerprint density at radius 2 is 0.942 bits per heavy atom. The fourth-order valence-corrected chi connectivity index (χ4v) is 11.4. The second kappa shape index (κ2) is 14.7. The molecule has 0 saturated heterocycles. The molecule has 1 heteroatoms. The molecule has 0 spiro atoms. The number of benzene rings is 5. The fraction of sp³-hybridized carbons (Fsp3) is 0.333. The molecule has 0 saturated carbocycles. The minimum absolute atomic E-state index is 0.0424. The summed E-state index contributed by atoms with van der Waals surface area (Å²) in [5, 5.41) is 1.44. The number of hydrogen-bond donors (Lipinski definition) is 0. The maximum Gasteiger partial charge on any atom is 0.0718 e. The highest BCUT2D eigenvalue weighted by Gasteiger charge is 2.44. The van der Waals surface area contributed by atoms with E-state index in [1.54, 1.807) is 11.1 Å². The van der Waals surface area contributed by atoms with Crippen molar-refractivity contribution in [2.24, 2.45) is 0 Å². The highest BCUT2D eigenvalue weighted by molar-refractivity contribution is 6.61. The third-order valence-corrected chi connectivity index (χ3v) is 14.4. The van der Waals surface area contributed by atoms with Gasteiger partial charge in [-0.25, -0.2) is 0 Å². The van der Waals surface area contributed by atoms with Gasteiger partial charge in [0, 0.05) is 5.04 Å². The lowest BCUT2D eigenvalue weighted by Crippen LogP contribution is -2.34. The third kappa shape index (κ3) is 7.62. The maximum atomic E-state index is 2.55. The Balaban J connectivity index is 1.65. The summed E-state index contributed by atoms with van der Waals surface area (Å²) in [5.74, 6) is 0. The van der Waals surface area contributed by atoms with Crippen molar-refractivity contribution in [1.82, 2.24) is 0 Å². The summed E-state index contributed by atoms with van der Waals surface area (Å²) in [6, 6.07) is 44.5. The van der Waals surface area contributed by atoms with Crippen LogP contribution >= 0.6 is 0 Å². The van der Waals surface area contributed by atoms with Crippen LogP contribution in [0.1, 0.15) is 110 Å². The van der Waals surface area contributed by atoms with Gasteiger partial charge >= 0.3 is 0 Å².